The number of carbonyl (C=O) groups is 2. The first-order valence-corrected chi connectivity index (χ1v) is 9.91. The van der Waals surface area contributed by atoms with Crippen LogP contribution >= 0.6 is 0 Å². The maximum Gasteiger partial charge on any atom is 0.253 e. The summed E-state index contributed by atoms with van der Waals surface area (Å²) in [7, 11) is 5.03. The van der Waals surface area contributed by atoms with Crippen LogP contribution in [-0.4, -0.2) is 51.1 Å². The molecule has 7 heteroatoms. The molecule has 0 saturated heterocycles. The van der Waals surface area contributed by atoms with Crippen LogP contribution in [0.3, 0.4) is 0 Å². The number of anilines is 1. The summed E-state index contributed by atoms with van der Waals surface area (Å²) in [5.74, 6) is 1.24. The van der Waals surface area contributed by atoms with E-state index in [2.05, 4.69) is 10.6 Å². The molecule has 0 aliphatic carbocycles. The molecule has 0 bridgehead atoms. The molecule has 0 atom stereocenters. The van der Waals surface area contributed by atoms with Crippen molar-refractivity contribution in [3.63, 3.8) is 0 Å². The average Bonchev–Trinajstić information content (AvgIpc) is 2.71. The number of nitrogens with one attached hydrogen (secondary N) is 2. The molecule has 0 fully saturated rings. The number of para-hydroxylation sites is 2. The normalized spacial score (nSPS) is 10.8. The van der Waals surface area contributed by atoms with Gasteiger partial charge in [0.2, 0.25) is 5.91 Å². The summed E-state index contributed by atoms with van der Waals surface area (Å²) in [4.78, 5) is 26.9. The van der Waals surface area contributed by atoms with Gasteiger partial charge < -0.3 is 20.1 Å². The lowest BCUT2D eigenvalue weighted by atomic mass is 10.1. The second-order valence-corrected chi connectivity index (χ2v) is 7.52. The Morgan fingerprint density at radius 2 is 1.77 bits per heavy atom. The number of amides is 2. The summed E-state index contributed by atoms with van der Waals surface area (Å²) in [5.41, 5.74) is 1.86. The second kappa shape index (κ2) is 11.2. The van der Waals surface area contributed by atoms with Crippen molar-refractivity contribution in [1.82, 2.24) is 10.2 Å². The first-order valence-electron chi connectivity index (χ1n) is 9.91. The van der Waals surface area contributed by atoms with Gasteiger partial charge in [-0.05, 0) is 31.2 Å². The number of rotatable bonds is 10. The Kier molecular flexibility index (Phi) is 8.68. The van der Waals surface area contributed by atoms with Gasteiger partial charge in [-0.15, -0.1) is 0 Å². The summed E-state index contributed by atoms with van der Waals surface area (Å²) < 4.78 is 10.8. The Hall–Kier alpha value is -3.06. The Labute approximate surface area is 178 Å². The Morgan fingerprint density at radius 3 is 2.43 bits per heavy atom. The smallest absolute Gasteiger partial charge is 0.253 e. The van der Waals surface area contributed by atoms with Gasteiger partial charge in [0.05, 0.1) is 32.0 Å². The highest BCUT2D eigenvalue weighted by atomic mass is 16.5. The fraction of sp³-hybridized carbons (Fsp3) is 0.391. The van der Waals surface area contributed by atoms with Crippen LogP contribution in [0.15, 0.2) is 42.5 Å². The van der Waals surface area contributed by atoms with E-state index in [0.29, 0.717) is 41.8 Å². The zero-order valence-electron chi connectivity index (χ0n) is 18.3. The molecular formula is C23H31N3O4. The highest BCUT2D eigenvalue weighted by Crippen LogP contribution is 2.31. The highest BCUT2D eigenvalue weighted by molar-refractivity contribution is 6.04. The largest absolute Gasteiger partial charge is 0.493 e. The predicted octanol–water partition coefficient (Wildman–Crippen LogP) is 3.16. The average molecular weight is 414 g/mol. The molecule has 0 aromatic heterocycles. The maximum absolute atomic E-state index is 12.6. The first-order chi connectivity index (χ1) is 14.3. The number of hydrogen-bond donors (Lipinski definition) is 2. The molecule has 7 nitrogen and oxygen atoms in total. The Bertz CT molecular complexity index is 867. The molecule has 0 aliphatic rings. The van der Waals surface area contributed by atoms with E-state index in [1.165, 1.54) is 0 Å². The summed E-state index contributed by atoms with van der Waals surface area (Å²) in [6.07, 6.45) is 0. The molecule has 0 spiro atoms. The van der Waals surface area contributed by atoms with Crippen LogP contribution in [0.1, 0.15) is 29.8 Å². The van der Waals surface area contributed by atoms with Gasteiger partial charge >= 0.3 is 0 Å². The van der Waals surface area contributed by atoms with Gasteiger partial charge in [0.25, 0.3) is 5.91 Å². The van der Waals surface area contributed by atoms with Gasteiger partial charge in [-0.1, -0.05) is 38.1 Å². The zero-order valence-corrected chi connectivity index (χ0v) is 18.3. The van der Waals surface area contributed by atoms with Crippen LogP contribution in [-0.2, 0) is 11.3 Å². The van der Waals surface area contributed by atoms with Crippen LogP contribution in [0.25, 0.3) is 0 Å². The minimum Gasteiger partial charge on any atom is -0.493 e. The van der Waals surface area contributed by atoms with Crippen molar-refractivity contribution in [1.29, 1.82) is 0 Å². The van der Waals surface area contributed by atoms with Gasteiger partial charge in [0.1, 0.15) is 0 Å². The molecule has 0 unspecified atom stereocenters. The third kappa shape index (κ3) is 6.49. The number of nitrogens with zero attached hydrogens (tertiary/aromatic N) is 1. The monoisotopic (exact) mass is 413 g/mol. The van der Waals surface area contributed by atoms with Crippen LogP contribution in [0, 0.1) is 5.92 Å². The Balaban J connectivity index is 2.02. The van der Waals surface area contributed by atoms with Crippen LogP contribution in [0.5, 0.6) is 11.5 Å². The van der Waals surface area contributed by atoms with Crippen molar-refractivity contribution in [2.75, 3.05) is 39.7 Å². The van der Waals surface area contributed by atoms with Gasteiger partial charge in [-0.25, -0.2) is 0 Å². The lowest BCUT2D eigenvalue weighted by Gasteiger charge is -2.19. The standard InChI is InChI=1S/C23H31N3O4/c1-16(2)13-24-23(28)18-10-6-7-11-19(18)25-21(27)15-26(3)14-17-9-8-12-20(29-4)22(17)30-5/h6-12,16H,13-15H2,1-5H3,(H,24,28)(H,25,27). The molecule has 2 amide bonds. The molecule has 2 aromatic rings. The highest BCUT2D eigenvalue weighted by Gasteiger charge is 2.16. The van der Waals surface area contributed by atoms with Crippen molar-refractivity contribution in [2.24, 2.45) is 5.92 Å². The van der Waals surface area contributed by atoms with Crippen molar-refractivity contribution in [3.8, 4) is 11.5 Å². The summed E-state index contributed by atoms with van der Waals surface area (Å²) in [6.45, 7) is 5.29. The molecule has 2 rings (SSSR count). The maximum atomic E-state index is 12.6. The number of carbonyl (C=O) groups excluding carboxylic acids is 2. The van der Waals surface area contributed by atoms with E-state index < -0.39 is 0 Å². The minimum atomic E-state index is -0.205. The predicted molar refractivity (Wildman–Crippen MR) is 118 cm³/mol. The minimum absolute atomic E-state index is 0.155. The lowest BCUT2D eigenvalue weighted by Crippen LogP contribution is -2.32. The molecule has 0 heterocycles. The first kappa shape index (κ1) is 23.2. The molecule has 162 valence electrons. The Morgan fingerprint density at radius 1 is 1.03 bits per heavy atom. The van der Waals surface area contributed by atoms with Gasteiger partial charge in [0.15, 0.2) is 11.5 Å². The molecule has 0 saturated carbocycles. The summed E-state index contributed by atoms with van der Waals surface area (Å²) in [5, 5.41) is 5.73. The van der Waals surface area contributed by atoms with Crippen LogP contribution < -0.4 is 20.1 Å². The molecule has 0 radical (unpaired) electrons. The summed E-state index contributed by atoms with van der Waals surface area (Å²) >= 11 is 0. The third-order valence-electron chi connectivity index (χ3n) is 4.45. The van der Waals surface area contributed by atoms with Crippen LogP contribution in [0.4, 0.5) is 5.69 Å². The van der Waals surface area contributed by atoms with E-state index in [4.69, 9.17) is 9.47 Å². The van der Waals surface area contributed by atoms with Gasteiger partial charge in [0, 0.05) is 18.7 Å². The SMILES string of the molecule is COc1cccc(CN(C)CC(=O)Nc2ccccc2C(=O)NCC(C)C)c1OC. The number of benzene rings is 2. The fourth-order valence-electron chi connectivity index (χ4n) is 3.04. The lowest BCUT2D eigenvalue weighted by molar-refractivity contribution is -0.117. The van der Waals surface area contributed by atoms with Crippen molar-refractivity contribution in [3.05, 3.63) is 53.6 Å². The van der Waals surface area contributed by atoms with E-state index in [1.54, 1.807) is 38.5 Å². The quantitative estimate of drug-likeness (QED) is 0.625. The third-order valence-corrected chi connectivity index (χ3v) is 4.45. The van der Waals surface area contributed by atoms with E-state index in [0.717, 1.165) is 5.56 Å². The van der Waals surface area contributed by atoms with Crippen molar-refractivity contribution < 1.29 is 19.1 Å². The molecular weight excluding hydrogens is 382 g/mol. The number of ether oxygens (including phenoxy) is 2. The zero-order chi connectivity index (χ0) is 22.1. The van der Waals surface area contributed by atoms with E-state index in [9.17, 15) is 9.59 Å². The van der Waals surface area contributed by atoms with Crippen LogP contribution in [0.2, 0.25) is 0 Å². The van der Waals surface area contributed by atoms with Gasteiger partial charge in [-0.2, -0.15) is 0 Å². The van der Waals surface area contributed by atoms with E-state index in [1.807, 2.05) is 44.0 Å². The number of hydrogen-bond acceptors (Lipinski definition) is 5. The molecule has 30 heavy (non-hydrogen) atoms. The topological polar surface area (TPSA) is 79.9 Å². The number of likely N-dealkylation sites (N-methyl/N-ethyl adjacent to an activating group) is 1. The van der Waals surface area contributed by atoms with Crippen molar-refractivity contribution in [2.45, 2.75) is 20.4 Å². The molecule has 2 N–H and O–H groups in total. The molecule has 0 aliphatic heterocycles. The second-order valence-electron chi connectivity index (χ2n) is 7.52. The van der Waals surface area contributed by atoms with Gasteiger partial charge in [-0.3, -0.25) is 14.5 Å². The molecule has 2 aromatic carbocycles. The number of methoxy groups -OCH3 is 2. The summed E-state index contributed by atoms with van der Waals surface area (Å²) in [6, 6.07) is 12.7. The van der Waals surface area contributed by atoms with Crippen molar-refractivity contribution >= 4 is 17.5 Å². The van der Waals surface area contributed by atoms with E-state index >= 15 is 0 Å². The van der Waals surface area contributed by atoms with E-state index in [-0.39, 0.29) is 18.4 Å². The fourth-order valence-corrected chi connectivity index (χ4v) is 3.04.